The molecule has 46 heavy (non-hydrogen) atoms. The molecule has 0 bridgehead atoms. The van der Waals surface area contributed by atoms with E-state index < -0.39 is 0 Å². The molecule has 0 heterocycles. The van der Waals surface area contributed by atoms with Crippen molar-refractivity contribution in [2.45, 2.75) is 26.2 Å². The number of anilines is 2. The molecule has 2 nitrogen and oxygen atoms in total. The third-order valence-electron chi connectivity index (χ3n) is 7.81. The Balaban J connectivity index is 1.12. The third kappa shape index (κ3) is 8.79. The Morgan fingerprint density at radius 2 is 0.565 bits per heavy atom. The van der Waals surface area contributed by atoms with Gasteiger partial charge >= 0.3 is 0 Å². The van der Waals surface area contributed by atoms with Gasteiger partial charge in [0.15, 0.2) is 0 Å². The van der Waals surface area contributed by atoms with Crippen molar-refractivity contribution in [3.05, 3.63) is 203 Å². The van der Waals surface area contributed by atoms with Crippen molar-refractivity contribution in [1.29, 1.82) is 0 Å². The van der Waals surface area contributed by atoms with E-state index in [4.69, 9.17) is 0 Å². The molecule has 0 amide bonds. The lowest BCUT2D eigenvalue weighted by Crippen LogP contribution is -2.22. The van der Waals surface area contributed by atoms with Gasteiger partial charge in [-0.25, -0.2) is 0 Å². The molecule has 0 saturated heterocycles. The highest BCUT2D eigenvalue weighted by Gasteiger charge is 2.10. The van der Waals surface area contributed by atoms with E-state index in [1.54, 1.807) is 0 Å². The van der Waals surface area contributed by atoms with Gasteiger partial charge in [-0.3, -0.25) is 0 Å². The summed E-state index contributed by atoms with van der Waals surface area (Å²) in [6.07, 6.45) is 0. The number of hydrogen-bond acceptors (Lipinski definition) is 2. The molecular weight excluding hydrogens is 556 g/mol. The molecule has 0 spiro atoms. The van der Waals surface area contributed by atoms with Crippen molar-refractivity contribution >= 4 is 11.4 Å². The molecule has 222 valence electrons. The predicted octanol–water partition coefficient (Wildman–Crippen LogP) is 9.50. The second kappa shape index (κ2) is 15.7. The van der Waals surface area contributed by atoms with Crippen molar-refractivity contribution in [2.24, 2.45) is 0 Å². The van der Waals surface area contributed by atoms with E-state index in [0.717, 1.165) is 48.7 Å². The van der Waals surface area contributed by atoms with Crippen LogP contribution in [0.2, 0.25) is 0 Å². The number of rotatable bonds is 10. The maximum atomic E-state index is 3.21. The zero-order valence-electron chi connectivity index (χ0n) is 25.9. The van der Waals surface area contributed by atoms with E-state index in [1.807, 2.05) is 0 Å². The van der Waals surface area contributed by atoms with Crippen LogP contribution >= 0.6 is 0 Å². The average Bonchev–Trinajstić information content (AvgIpc) is 3.12. The first-order chi connectivity index (χ1) is 22.8. The van der Waals surface area contributed by atoms with E-state index in [1.165, 1.54) is 22.3 Å². The van der Waals surface area contributed by atoms with Gasteiger partial charge in [-0.15, -0.1) is 0 Å². The lowest BCUT2D eigenvalue weighted by Gasteiger charge is -2.25. The topological polar surface area (TPSA) is 6.48 Å². The number of nitrogens with zero attached hydrogens (tertiary/aromatic N) is 2. The van der Waals surface area contributed by atoms with Gasteiger partial charge in [0.05, 0.1) is 0 Å². The van der Waals surface area contributed by atoms with Crippen molar-refractivity contribution < 1.29 is 0 Å². The smallest absolute Gasteiger partial charge is 0.0433 e. The van der Waals surface area contributed by atoms with Gasteiger partial charge in [-0.05, 0) is 82.6 Å². The molecular formula is C44H36N2. The Morgan fingerprint density at radius 3 is 0.826 bits per heavy atom. The molecule has 0 N–H and O–H groups in total. The SMILES string of the molecule is C(C#Cc1ccc(N(Cc2ccccc2)Cc2ccccc2)cc1)#Cc1ccc(N(Cc2ccccc2)Cc2ccccc2)cc1. The Hall–Kier alpha value is -5.96. The zero-order valence-corrected chi connectivity index (χ0v) is 25.9. The summed E-state index contributed by atoms with van der Waals surface area (Å²) in [5.74, 6) is 12.5. The van der Waals surface area contributed by atoms with Crippen molar-refractivity contribution in [3.63, 3.8) is 0 Å². The molecule has 0 radical (unpaired) electrons. The third-order valence-corrected chi connectivity index (χ3v) is 7.81. The van der Waals surface area contributed by atoms with E-state index in [0.29, 0.717) is 0 Å². The largest absolute Gasteiger partial charge is 0.363 e. The van der Waals surface area contributed by atoms with Gasteiger partial charge in [0, 0.05) is 48.7 Å². The summed E-state index contributed by atoms with van der Waals surface area (Å²) in [5.41, 5.74) is 9.36. The summed E-state index contributed by atoms with van der Waals surface area (Å²) < 4.78 is 0. The Morgan fingerprint density at radius 1 is 0.304 bits per heavy atom. The lowest BCUT2D eigenvalue weighted by atomic mass is 10.1. The molecule has 0 fully saturated rings. The summed E-state index contributed by atoms with van der Waals surface area (Å²) in [6.45, 7) is 3.34. The molecule has 0 atom stereocenters. The first kappa shape index (κ1) is 30.1. The standard InChI is InChI=1S/C44H36N2/c1-5-17-39(18-6-1)33-45(34-40-19-7-2-8-20-40)43-29-25-37(26-30-43)15-13-14-16-38-27-31-44(32-28-38)46(35-41-21-9-3-10-22-41)36-42-23-11-4-12-24-42/h1-12,17-32H,33-36H2. The van der Waals surface area contributed by atoms with Crippen LogP contribution in [0.4, 0.5) is 11.4 Å². The average molecular weight is 593 g/mol. The fourth-order valence-corrected chi connectivity index (χ4v) is 5.41. The summed E-state index contributed by atoms with van der Waals surface area (Å²) in [6, 6.07) is 59.3. The minimum atomic E-state index is 0.835. The molecule has 0 unspecified atom stereocenters. The highest BCUT2D eigenvalue weighted by atomic mass is 15.1. The maximum Gasteiger partial charge on any atom is 0.0433 e. The van der Waals surface area contributed by atoms with E-state index >= 15 is 0 Å². The van der Waals surface area contributed by atoms with Gasteiger partial charge in [0.1, 0.15) is 0 Å². The van der Waals surface area contributed by atoms with Crippen LogP contribution in [0, 0.1) is 23.7 Å². The fourth-order valence-electron chi connectivity index (χ4n) is 5.41. The van der Waals surface area contributed by atoms with E-state index in [9.17, 15) is 0 Å². The van der Waals surface area contributed by atoms with Crippen LogP contribution in [0.1, 0.15) is 33.4 Å². The minimum Gasteiger partial charge on any atom is -0.363 e. The Bertz CT molecular complexity index is 1680. The van der Waals surface area contributed by atoms with Crippen LogP contribution < -0.4 is 9.80 Å². The van der Waals surface area contributed by atoms with Crippen molar-refractivity contribution in [3.8, 4) is 23.7 Å². The monoisotopic (exact) mass is 592 g/mol. The predicted molar refractivity (Wildman–Crippen MR) is 192 cm³/mol. The van der Waals surface area contributed by atoms with Crippen LogP contribution in [-0.4, -0.2) is 0 Å². The van der Waals surface area contributed by atoms with Gasteiger partial charge in [-0.1, -0.05) is 133 Å². The van der Waals surface area contributed by atoms with E-state index in [2.05, 4.69) is 203 Å². The normalized spacial score (nSPS) is 10.2. The van der Waals surface area contributed by atoms with Crippen LogP contribution in [0.25, 0.3) is 0 Å². The number of benzene rings is 6. The summed E-state index contributed by atoms with van der Waals surface area (Å²) in [7, 11) is 0. The van der Waals surface area contributed by atoms with Crippen molar-refractivity contribution in [2.75, 3.05) is 9.80 Å². The quantitative estimate of drug-likeness (QED) is 0.146. The van der Waals surface area contributed by atoms with Gasteiger partial charge in [0.25, 0.3) is 0 Å². The van der Waals surface area contributed by atoms with E-state index in [-0.39, 0.29) is 0 Å². The molecule has 2 heteroatoms. The zero-order chi connectivity index (χ0) is 31.2. The van der Waals surface area contributed by atoms with Gasteiger partial charge < -0.3 is 9.80 Å². The first-order valence-electron chi connectivity index (χ1n) is 15.7. The Labute approximate surface area is 273 Å². The molecule has 0 aliphatic rings. The highest BCUT2D eigenvalue weighted by Crippen LogP contribution is 2.22. The summed E-state index contributed by atoms with van der Waals surface area (Å²) in [5, 5.41) is 0. The second-order valence-electron chi connectivity index (χ2n) is 11.2. The highest BCUT2D eigenvalue weighted by molar-refractivity contribution is 5.54. The molecule has 0 aromatic heterocycles. The Kier molecular flexibility index (Phi) is 10.2. The number of hydrogen-bond donors (Lipinski definition) is 0. The fraction of sp³-hybridized carbons (Fsp3) is 0.0909. The maximum absolute atomic E-state index is 3.21. The first-order valence-corrected chi connectivity index (χ1v) is 15.7. The molecule has 6 rings (SSSR count). The second-order valence-corrected chi connectivity index (χ2v) is 11.2. The van der Waals surface area contributed by atoms with Gasteiger partial charge in [0.2, 0.25) is 0 Å². The van der Waals surface area contributed by atoms with Crippen LogP contribution in [0.15, 0.2) is 170 Å². The van der Waals surface area contributed by atoms with Crippen molar-refractivity contribution in [1.82, 2.24) is 0 Å². The van der Waals surface area contributed by atoms with Crippen LogP contribution in [0.3, 0.4) is 0 Å². The molecule has 0 saturated carbocycles. The molecule has 6 aromatic rings. The van der Waals surface area contributed by atoms with Gasteiger partial charge in [-0.2, -0.15) is 0 Å². The molecule has 6 aromatic carbocycles. The lowest BCUT2D eigenvalue weighted by molar-refractivity contribution is 0.800. The summed E-state index contributed by atoms with van der Waals surface area (Å²) in [4.78, 5) is 4.79. The molecule has 0 aliphatic carbocycles. The summed E-state index contributed by atoms with van der Waals surface area (Å²) >= 11 is 0. The van der Waals surface area contributed by atoms with Crippen LogP contribution in [-0.2, 0) is 26.2 Å². The molecule has 0 aliphatic heterocycles. The minimum absolute atomic E-state index is 0.835. The van der Waals surface area contributed by atoms with Crippen LogP contribution in [0.5, 0.6) is 0 Å².